The Bertz CT molecular complexity index is 596. The molecule has 114 valence electrons. The maximum Gasteiger partial charge on any atom is 2.00 e. The monoisotopic (exact) mass is 330 g/mol. The summed E-state index contributed by atoms with van der Waals surface area (Å²) in [7, 11) is 0. The first kappa shape index (κ1) is 16.8. The third kappa shape index (κ3) is 4.22. The van der Waals surface area contributed by atoms with Crippen molar-refractivity contribution in [2.24, 2.45) is 0 Å². The van der Waals surface area contributed by atoms with Gasteiger partial charge < -0.3 is 0 Å². The first-order valence-electron chi connectivity index (χ1n) is 7.93. The molecule has 22 heavy (non-hydrogen) atoms. The van der Waals surface area contributed by atoms with Crippen LogP contribution < -0.4 is 0 Å². The average Bonchev–Trinajstić information content (AvgIpc) is 3.29. The molecule has 1 saturated carbocycles. The second-order valence-corrected chi connectivity index (χ2v) is 5.70. The van der Waals surface area contributed by atoms with E-state index >= 15 is 0 Å². The van der Waals surface area contributed by atoms with Crippen molar-refractivity contribution in [3.05, 3.63) is 84.4 Å². The smallest absolute Gasteiger partial charge is 0.214 e. The van der Waals surface area contributed by atoms with Crippen molar-refractivity contribution in [1.29, 1.82) is 0 Å². The fraction of sp³-hybridized carbons (Fsp3) is 0.238. The topological polar surface area (TPSA) is 0 Å². The van der Waals surface area contributed by atoms with E-state index in [1.54, 1.807) is 5.56 Å². The Kier molecular flexibility index (Phi) is 6.71. The minimum atomic E-state index is 0. The van der Waals surface area contributed by atoms with Crippen molar-refractivity contribution in [3.8, 4) is 11.1 Å². The summed E-state index contributed by atoms with van der Waals surface area (Å²) >= 11 is 0. The molecule has 1 fully saturated rings. The summed E-state index contributed by atoms with van der Waals surface area (Å²) in [6.07, 6.45) is 5.57. The fourth-order valence-corrected chi connectivity index (χ4v) is 3.23. The van der Waals surface area contributed by atoms with Crippen molar-refractivity contribution in [3.63, 3.8) is 0 Å². The Balaban J connectivity index is 0.000000253. The zero-order valence-electron chi connectivity index (χ0n) is 12.8. The first-order chi connectivity index (χ1) is 10.4. The van der Waals surface area contributed by atoms with Gasteiger partial charge in [-0.3, -0.25) is 0 Å². The van der Waals surface area contributed by atoms with E-state index in [9.17, 15) is 0 Å². The minimum absolute atomic E-state index is 0. The van der Waals surface area contributed by atoms with E-state index in [0.717, 1.165) is 5.92 Å². The van der Waals surface area contributed by atoms with Crippen molar-refractivity contribution in [2.45, 2.75) is 31.6 Å². The van der Waals surface area contributed by atoms with Crippen LogP contribution in [0.25, 0.3) is 11.1 Å². The number of hydrogen-bond acceptors (Lipinski definition) is 0. The Hall–Kier alpha value is -1.56. The van der Waals surface area contributed by atoms with E-state index in [2.05, 4.69) is 48.5 Å². The van der Waals surface area contributed by atoms with Gasteiger partial charge in [-0.2, -0.15) is 36.4 Å². The second kappa shape index (κ2) is 8.78. The molecule has 0 aromatic heterocycles. The summed E-state index contributed by atoms with van der Waals surface area (Å²) in [5.41, 5.74) is 4.39. The zero-order chi connectivity index (χ0) is 14.3. The molecule has 0 unspecified atom stereocenters. The molecule has 0 aliphatic heterocycles. The molecule has 0 spiro atoms. The van der Waals surface area contributed by atoms with Crippen LogP contribution in [-0.4, -0.2) is 0 Å². The molecule has 0 saturated heterocycles. The molecule has 1 heteroatoms. The van der Waals surface area contributed by atoms with Crippen LogP contribution in [0, 0.1) is 0 Å². The summed E-state index contributed by atoms with van der Waals surface area (Å²) in [5.74, 6) is 0.810. The van der Waals surface area contributed by atoms with Gasteiger partial charge in [0, 0.05) is 0 Å². The Morgan fingerprint density at radius 2 is 1.50 bits per heavy atom. The molecule has 4 rings (SSSR count). The van der Waals surface area contributed by atoms with E-state index in [-0.39, 0.29) is 17.1 Å². The number of hydrogen-bond donors (Lipinski definition) is 0. The Labute approximate surface area is 144 Å². The third-order valence-electron chi connectivity index (χ3n) is 4.29. The second-order valence-electron chi connectivity index (χ2n) is 5.70. The van der Waals surface area contributed by atoms with Crippen molar-refractivity contribution in [1.82, 2.24) is 0 Å². The first-order valence-corrected chi connectivity index (χ1v) is 7.93. The van der Waals surface area contributed by atoms with Crippen LogP contribution >= 0.6 is 0 Å². The van der Waals surface area contributed by atoms with Gasteiger partial charge in [-0.25, -0.2) is 12.1 Å². The van der Waals surface area contributed by atoms with Gasteiger partial charge in [0.25, 0.3) is 0 Å². The van der Waals surface area contributed by atoms with Gasteiger partial charge in [0.05, 0.1) is 0 Å². The Morgan fingerprint density at radius 3 is 2.09 bits per heavy atom. The van der Waals surface area contributed by atoms with Gasteiger partial charge >= 0.3 is 17.1 Å². The maximum atomic E-state index is 2.32. The van der Waals surface area contributed by atoms with Crippen LogP contribution in [0.5, 0.6) is 0 Å². The van der Waals surface area contributed by atoms with Crippen LogP contribution in [0.3, 0.4) is 0 Å². The van der Waals surface area contributed by atoms with Crippen LogP contribution in [0.15, 0.2) is 78.9 Å². The van der Waals surface area contributed by atoms with Crippen LogP contribution in [-0.2, 0) is 17.1 Å². The van der Waals surface area contributed by atoms with Crippen LogP contribution in [0.4, 0.5) is 0 Å². The van der Waals surface area contributed by atoms with E-state index in [1.807, 2.05) is 30.3 Å². The molecule has 0 amide bonds. The third-order valence-corrected chi connectivity index (χ3v) is 4.29. The average molecular weight is 330 g/mol. The summed E-state index contributed by atoms with van der Waals surface area (Å²) in [6, 6.07) is 27.6. The van der Waals surface area contributed by atoms with Crippen LogP contribution in [0.2, 0.25) is 0 Å². The van der Waals surface area contributed by atoms with E-state index in [0.29, 0.717) is 0 Å². The van der Waals surface area contributed by atoms with Gasteiger partial charge in [0.1, 0.15) is 0 Å². The largest absolute Gasteiger partial charge is 2.00 e. The number of benzene rings is 1. The minimum Gasteiger partial charge on any atom is -0.214 e. The summed E-state index contributed by atoms with van der Waals surface area (Å²) in [5, 5.41) is 0. The standard InChI is InChI=1S/C16H17.C5H5.Fe/c1-2-7-13(8-3-1)15-11-6-12-16(15)14-9-4-5-10-14;1-2-4-5-3-1;/h1-3,6-8,11-12,14H,4-5,9-10H2;1-5H;/q2*-1;+2. The summed E-state index contributed by atoms with van der Waals surface area (Å²) in [6.45, 7) is 0. The maximum absolute atomic E-state index is 2.32. The molecule has 0 N–H and O–H groups in total. The van der Waals surface area contributed by atoms with Crippen molar-refractivity contribution in [2.75, 3.05) is 0 Å². The predicted molar refractivity (Wildman–Crippen MR) is 90.7 cm³/mol. The van der Waals surface area contributed by atoms with Crippen molar-refractivity contribution >= 4 is 0 Å². The molecule has 0 heterocycles. The van der Waals surface area contributed by atoms with E-state index < -0.39 is 0 Å². The molecule has 0 radical (unpaired) electrons. The predicted octanol–water partition coefficient (Wildman–Crippen LogP) is 6.13. The molecule has 1 aliphatic carbocycles. The number of rotatable bonds is 2. The van der Waals surface area contributed by atoms with Gasteiger partial charge in [-0.1, -0.05) is 67.5 Å². The van der Waals surface area contributed by atoms with Gasteiger partial charge in [0.2, 0.25) is 0 Å². The molecule has 0 nitrogen and oxygen atoms in total. The fourth-order valence-electron chi connectivity index (χ4n) is 3.23. The normalized spacial score (nSPS) is 14.0. The van der Waals surface area contributed by atoms with Gasteiger partial charge in [0.15, 0.2) is 0 Å². The molecule has 1 aliphatic rings. The molecule has 3 aromatic carbocycles. The molecule has 3 aromatic rings. The molecular formula is C21H22Fe. The van der Waals surface area contributed by atoms with Crippen LogP contribution in [0.1, 0.15) is 37.2 Å². The van der Waals surface area contributed by atoms with E-state index in [4.69, 9.17) is 0 Å². The summed E-state index contributed by atoms with van der Waals surface area (Å²) < 4.78 is 0. The SMILES string of the molecule is [Fe+2].c1cc[cH-]c1.c1ccc(-c2ccc[c-]2C2CCCC2)cc1. The summed E-state index contributed by atoms with van der Waals surface area (Å²) in [4.78, 5) is 0. The molecule has 0 bridgehead atoms. The van der Waals surface area contributed by atoms with Crippen molar-refractivity contribution < 1.29 is 17.1 Å². The Morgan fingerprint density at radius 1 is 0.818 bits per heavy atom. The van der Waals surface area contributed by atoms with E-state index in [1.165, 1.54) is 36.8 Å². The molecule has 0 atom stereocenters. The zero-order valence-corrected chi connectivity index (χ0v) is 13.9. The quantitative estimate of drug-likeness (QED) is 0.391. The van der Waals surface area contributed by atoms with Gasteiger partial charge in [-0.15, -0.1) is 11.1 Å². The molecular weight excluding hydrogens is 308 g/mol. The van der Waals surface area contributed by atoms with Gasteiger partial charge in [-0.05, 0) is 0 Å².